The SMILES string of the molecule is CCc1ccc(-c2nc(SCC(=O)NCC3CCCCC3)n[nH]2)cc1. The van der Waals surface area contributed by atoms with Crippen molar-refractivity contribution in [2.45, 2.75) is 50.6 Å². The molecular weight excluding hydrogens is 332 g/mol. The number of hydrogen-bond donors (Lipinski definition) is 2. The van der Waals surface area contributed by atoms with Gasteiger partial charge in [0.2, 0.25) is 11.1 Å². The van der Waals surface area contributed by atoms with Gasteiger partial charge in [-0.15, -0.1) is 5.10 Å². The van der Waals surface area contributed by atoms with Gasteiger partial charge in [-0.05, 0) is 30.7 Å². The molecule has 134 valence electrons. The number of aromatic amines is 1. The molecule has 1 amide bonds. The molecule has 2 aromatic rings. The number of carbonyl (C=O) groups is 1. The summed E-state index contributed by atoms with van der Waals surface area (Å²) < 4.78 is 0. The van der Waals surface area contributed by atoms with Crippen molar-refractivity contribution in [3.8, 4) is 11.4 Å². The highest BCUT2D eigenvalue weighted by molar-refractivity contribution is 7.99. The molecular formula is C19H26N4OS. The summed E-state index contributed by atoms with van der Waals surface area (Å²) >= 11 is 1.37. The lowest BCUT2D eigenvalue weighted by molar-refractivity contribution is -0.118. The first-order valence-corrected chi connectivity index (χ1v) is 10.1. The zero-order valence-electron chi connectivity index (χ0n) is 14.8. The molecule has 1 fully saturated rings. The van der Waals surface area contributed by atoms with Crippen LogP contribution in [0, 0.1) is 5.92 Å². The van der Waals surface area contributed by atoms with Crippen molar-refractivity contribution in [1.29, 1.82) is 0 Å². The fourth-order valence-electron chi connectivity index (χ4n) is 3.17. The molecule has 1 aromatic carbocycles. The first-order valence-electron chi connectivity index (χ1n) is 9.16. The third-order valence-electron chi connectivity index (χ3n) is 4.75. The molecule has 0 unspecified atom stereocenters. The lowest BCUT2D eigenvalue weighted by atomic mass is 9.89. The van der Waals surface area contributed by atoms with Gasteiger partial charge in [-0.2, -0.15) is 0 Å². The van der Waals surface area contributed by atoms with Gasteiger partial charge in [0, 0.05) is 12.1 Å². The van der Waals surface area contributed by atoms with Crippen LogP contribution in [0.3, 0.4) is 0 Å². The van der Waals surface area contributed by atoms with Gasteiger partial charge in [0.05, 0.1) is 5.75 Å². The van der Waals surface area contributed by atoms with Crippen LogP contribution in [0.1, 0.15) is 44.6 Å². The fourth-order valence-corrected chi connectivity index (χ4v) is 3.80. The van der Waals surface area contributed by atoms with E-state index in [0.717, 1.165) is 24.4 Å². The maximum atomic E-state index is 12.0. The van der Waals surface area contributed by atoms with E-state index in [-0.39, 0.29) is 5.91 Å². The van der Waals surface area contributed by atoms with Crippen LogP contribution in [-0.4, -0.2) is 33.4 Å². The van der Waals surface area contributed by atoms with Crippen molar-refractivity contribution in [2.75, 3.05) is 12.3 Å². The second-order valence-electron chi connectivity index (χ2n) is 6.61. The van der Waals surface area contributed by atoms with Gasteiger partial charge < -0.3 is 5.32 Å². The van der Waals surface area contributed by atoms with Crippen LogP contribution in [0.2, 0.25) is 0 Å². The second-order valence-corrected chi connectivity index (χ2v) is 7.56. The minimum atomic E-state index is 0.0641. The predicted molar refractivity (Wildman–Crippen MR) is 102 cm³/mol. The number of amides is 1. The Bertz CT molecular complexity index is 677. The summed E-state index contributed by atoms with van der Waals surface area (Å²) in [5.74, 6) is 1.82. The molecule has 0 radical (unpaired) electrons. The van der Waals surface area contributed by atoms with E-state index in [1.165, 1.54) is 49.4 Å². The first kappa shape index (κ1) is 18.0. The Labute approximate surface area is 153 Å². The van der Waals surface area contributed by atoms with Gasteiger partial charge in [-0.3, -0.25) is 9.89 Å². The van der Waals surface area contributed by atoms with E-state index in [0.29, 0.717) is 16.8 Å². The number of thioether (sulfide) groups is 1. The van der Waals surface area contributed by atoms with Crippen molar-refractivity contribution in [3.05, 3.63) is 29.8 Å². The minimum absolute atomic E-state index is 0.0641. The van der Waals surface area contributed by atoms with E-state index in [9.17, 15) is 4.79 Å². The average molecular weight is 359 g/mol. The topological polar surface area (TPSA) is 70.7 Å². The fraction of sp³-hybridized carbons (Fsp3) is 0.526. The Morgan fingerprint density at radius 1 is 1.24 bits per heavy atom. The van der Waals surface area contributed by atoms with E-state index in [1.54, 1.807) is 0 Å². The van der Waals surface area contributed by atoms with Gasteiger partial charge in [-0.25, -0.2) is 4.98 Å². The van der Waals surface area contributed by atoms with E-state index >= 15 is 0 Å². The Hall–Kier alpha value is -1.82. The summed E-state index contributed by atoms with van der Waals surface area (Å²) in [5, 5.41) is 10.8. The number of rotatable bonds is 7. The maximum absolute atomic E-state index is 12.0. The summed E-state index contributed by atoms with van der Waals surface area (Å²) in [4.78, 5) is 16.5. The molecule has 6 heteroatoms. The van der Waals surface area contributed by atoms with Crippen molar-refractivity contribution < 1.29 is 4.79 Å². The summed E-state index contributed by atoms with van der Waals surface area (Å²) in [6, 6.07) is 8.29. The van der Waals surface area contributed by atoms with Gasteiger partial charge in [0.15, 0.2) is 5.82 Å². The zero-order valence-corrected chi connectivity index (χ0v) is 15.6. The van der Waals surface area contributed by atoms with Crippen LogP contribution in [-0.2, 0) is 11.2 Å². The smallest absolute Gasteiger partial charge is 0.230 e. The Kier molecular flexibility index (Phi) is 6.50. The molecule has 1 heterocycles. The number of nitrogens with zero attached hydrogens (tertiary/aromatic N) is 2. The molecule has 1 aliphatic rings. The molecule has 0 aliphatic heterocycles. The molecule has 25 heavy (non-hydrogen) atoms. The van der Waals surface area contributed by atoms with E-state index in [1.807, 2.05) is 12.1 Å². The second kappa shape index (κ2) is 9.04. The maximum Gasteiger partial charge on any atom is 0.230 e. The summed E-state index contributed by atoms with van der Waals surface area (Å²) in [7, 11) is 0. The molecule has 2 N–H and O–H groups in total. The molecule has 1 aliphatic carbocycles. The number of benzene rings is 1. The molecule has 0 saturated heterocycles. The Balaban J connectivity index is 1.45. The van der Waals surface area contributed by atoms with Crippen LogP contribution >= 0.6 is 11.8 Å². The normalized spacial score (nSPS) is 15.2. The van der Waals surface area contributed by atoms with Crippen LogP contribution in [0.4, 0.5) is 0 Å². The van der Waals surface area contributed by atoms with Crippen molar-refractivity contribution in [1.82, 2.24) is 20.5 Å². The van der Waals surface area contributed by atoms with E-state index < -0.39 is 0 Å². The van der Waals surface area contributed by atoms with Gasteiger partial charge in [-0.1, -0.05) is 62.2 Å². The quantitative estimate of drug-likeness (QED) is 0.738. The monoisotopic (exact) mass is 358 g/mol. The molecule has 3 rings (SSSR count). The van der Waals surface area contributed by atoms with Crippen LogP contribution < -0.4 is 5.32 Å². The third kappa shape index (κ3) is 5.33. The number of aryl methyl sites for hydroxylation is 1. The number of nitrogens with one attached hydrogen (secondary N) is 2. The van der Waals surface area contributed by atoms with Crippen LogP contribution in [0.15, 0.2) is 29.4 Å². The van der Waals surface area contributed by atoms with Crippen LogP contribution in [0.5, 0.6) is 0 Å². The van der Waals surface area contributed by atoms with Gasteiger partial charge in [0.25, 0.3) is 0 Å². The molecule has 1 aromatic heterocycles. The number of carbonyl (C=O) groups excluding carboxylic acids is 1. The molecule has 0 bridgehead atoms. The summed E-state index contributed by atoms with van der Waals surface area (Å²) in [6.07, 6.45) is 7.45. The highest BCUT2D eigenvalue weighted by Crippen LogP contribution is 2.23. The minimum Gasteiger partial charge on any atom is -0.355 e. The van der Waals surface area contributed by atoms with Gasteiger partial charge in [0.1, 0.15) is 0 Å². The standard InChI is InChI=1S/C19H26N4OS/c1-2-14-8-10-16(11-9-14)18-21-19(23-22-18)25-13-17(24)20-12-15-6-4-3-5-7-15/h8-11,15H,2-7,12-13H2,1H3,(H,20,24)(H,21,22,23). The van der Waals surface area contributed by atoms with Gasteiger partial charge >= 0.3 is 0 Å². The summed E-state index contributed by atoms with van der Waals surface area (Å²) in [6.45, 7) is 2.94. The first-order chi connectivity index (χ1) is 12.2. The lowest BCUT2D eigenvalue weighted by Crippen LogP contribution is -2.31. The predicted octanol–water partition coefficient (Wildman–Crippen LogP) is 3.82. The highest BCUT2D eigenvalue weighted by atomic mass is 32.2. The average Bonchev–Trinajstić information content (AvgIpc) is 3.14. The van der Waals surface area contributed by atoms with E-state index in [4.69, 9.17) is 0 Å². The molecule has 0 atom stereocenters. The zero-order chi connectivity index (χ0) is 17.5. The number of aromatic nitrogens is 3. The Morgan fingerprint density at radius 3 is 2.72 bits per heavy atom. The molecule has 1 saturated carbocycles. The van der Waals surface area contributed by atoms with Crippen molar-refractivity contribution >= 4 is 17.7 Å². The van der Waals surface area contributed by atoms with E-state index in [2.05, 4.69) is 39.6 Å². The lowest BCUT2D eigenvalue weighted by Gasteiger charge is -2.21. The van der Waals surface area contributed by atoms with Crippen LogP contribution in [0.25, 0.3) is 11.4 Å². The third-order valence-corrected chi connectivity index (χ3v) is 5.59. The highest BCUT2D eigenvalue weighted by Gasteiger charge is 2.15. The van der Waals surface area contributed by atoms with Crippen molar-refractivity contribution in [2.24, 2.45) is 5.92 Å². The molecule has 0 spiro atoms. The number of hydrogen-bond acceptors (Lipinski definition) is 4. The molecule has 5 nitrogen and oxygen atoms in total. The number of H-pyrrole nitrogens is 1. The summed E-state index contributed by atoms with van der Waals surface area (Å²) in [5.41, 5.74) is 2.31. The Morgan fingerprint density at radius 2 is 2.00 bits per heavy atom. The largest absolute Gasteiger partial charge is 0.355 e. The van der Waals surface area contributed by atoms with Crippen molar-refractivity contribution in [3.63, 3.8) is 0 Å².